The zero-order chi connectivity index (χ0) is 17.1. The molecule has 132 valence electrons. The van der Waals surface area contributed by atoms with Crippen molar-refractivity contribution in [3.63, 3.8) is 0 Å². The highest BCUT2D eigenvalue weighted by Crippen LogP contribution is 2.26. The summed E-state index contributed by atoms with van der Waals surface area (Å²) in [5.74, 6) is 3.33. The molecule has 1 saturated heterocycles. The van der Waals surface area contributed by atoms with Crippen molar-refractivity contribution in [2.75, 3.05) is 50.1 Å². The summed E-state index contributed by atoms with van der Waals surface area (Å²) in [4.78, 5) is 28.0. The van der Waals surface area contributed by atoms with Crippen LogP contribution in [0, 0.1) is 12.8 Å². The number of nitrogens with zero attached hydrogens (tertiary/aromatic N) is 5. The second-order valence-electron chi connectivity index (χ2n) is 7.17. The first-order chi connectivity index (χ1) is 11.5. The number of hydrogen-bond donors (Lipinski definition) is 0. The van der Waals surface area contributed by atoms with Crippen LogP contribution in [0.1, 0.15) is 37.9 Å². The third kappa shape index (κ3) is 3.79. The molecule has 1 amide bonds. The third-order valence-corrected chi connectivity index (χ3v) is 5.14. The number of aromatic nitrogens is 2. The zero-order valence-corrected chi connectivity index (χ0v) is 15.2. The molecule has 2 aliphatic rings. The first-order valence-corrected chi connectivity index (χ1v) is 9.11. The second-order valence-corrected chi connectivity index (χ2v) is 7.17. The van der Waals surface area contributed by atoms with E-state index in [9.17, 15) is 4.79 Å². The minimum atomic E-state index is 0.270. The van der Waals surface area contributed by atoms with E-state index in [4.69, 9.17) is 0 Å². The molecule has 1 aromatic heterocycles. The highest BCUT2D eigenvalue weighted by Gasteiger charge is 2.28. The van der Waals surface area contributed by atoms with Crippen LogP contribution in [0.2, 0.25) is 0 Å². The summed E-state index contributed by atoms with van der Waals surface area (Å²) in [5, 5.41) is 0. The fraction of sp³-hybridized carbons (Fsp3) is 0.722. The Kier molecular flexibility index (Phi) is 5.21. The minimum absolute atomic E-state index is 0.270. The molecule has 0 unspecified atom stereocenters. The molecule has 0 atom stereocenters. The summed E-state index contributed by atoms with van der Waals surface area (Å²) < 4.78 is 0. The molecule has 0 bridgehead atoms. The Hall–Kier alpha value is -1.85. The summed E-state index contributed by atoms with van der Waals surface area (Å²) in [6.07, 6.45) is 5.87. The van der Waals surface area contributed by atoms with Crippen LogP contribution in [0.3, 0.4) is 0 Å². The maximum Gasteiger partial charge on any atom is 0.225 e. The van der Waals surface area contributed by atoms with Gasteiger partial charge in [-0.15, -0.1) is 0 Å². The Bertz CT molecular complexity index is 575. The number of piperazine rings is 1. The molecule has 0 N–H and O–H groups in total. The molecule has 1 aliphatic heterocycles. The van der Waals surface area contributed by atoms with Crippen LogP contribution in [-0.4, -0.2) is 61.0 Å². The molecule has 2 fully saturated rings. The molecule has 0 spiro atoms. The van der Waals surface area contributed by atoms with E-state index in [1.165, 1.54) is 19.3 Å². The van der Waals surface area contributed by atoms with E-state index in [0.717, 1.165) is 56.5 Å². The van der Waals surface area contributed by atoms with Crippen molar-refractivity contribution in [2.45, 2.75) is 39.0 Å². The Balaban J connectivity index is 1.61. The third-order valence-electron chi connectivity index (χ3n) is 5.14. The van der Waals surface area contributed by atoms with Crippen LogP contribution >= 0.6 is 0 Å². The Labute approximate surface area is 144 Å². The topological polar surface area (TPSA) is 52.6 Å². The van der Waals surface area contributed by atoms with Crippen LogP contribution in [0.15, 0.2) is 6.07 Å². The monoisotopic (exact) mass is 331 g/mol. The van der Waals surface area contributed by atoms with Gasteiger partial charge in [-0.05, 0) is 19.8 Å². The minimum Gasteiger partial charge on any atom is -0.363 e. The van der Waals surface area contributed by atoms with Gasteiger partial charge in [0, 0.05) is 52.3 Å². The van der Waals surface area contributed by atoms with Crippen molar-refractivity contribution in [3.05, 3.63) is 11.9 Å². The van der Waals surface area contributed by atoms with E-state index in [1.807, 2.05) is 32.0 Å². The molecule has 1 saturated carbocycles. The van der Waals surface area contributed by atoms with Crippen molar-refractivity contribution in [2.24, 2.45) is 5.92 Å². The highest BCUT2D eigenvalue weighted by atomic mass is 16.2. The van der Waals surface area contributed by atoms with E-state index in [-0.39, 0.29) is 5.92 Å². The number of anilines is 2. The zero-order valence-electron chi connectivity index (χ0n) is 15.2. The summed E-state index contributed by atoms with van der Waals surface area (Å²) in [5.41, 5.74) is 0. The maximum atomic E-state index is 12.7. The SMILES string of the molecule is Cc1nc(N(C)C)cc(N2CCN(C(=O)C3CCCCC3)CC2)n1. The highest BCUT2D eigenvalue weighted by molar-refractivity contribution is 5.79. The molecule has 3 rings (SSSR count). The van der Waals surface area contributed by atoms with Gasteiger partial charge in [-0.2, -0.15) is 0 Å². The Morgan fingerprint density at radius 2 is 1.75 bits per heavy atom. The number of amides is 1. The molecular weight excluding hydrogens is 302 g/mol. The lowest BCUT2D eigenvalue weighted by Gasteiger charge is -2.37. The largest absolute Gasteiger partial charge is 0.363 e. The molecule has 1 aliphatic carbocycles. The van der Waals surface area contributed by atoms with E-state index in [0.29, 0.717) is 5.91 Å². The molecule has 0 aromatic carbocycles. The van der Waals surface area contributed by atoms with Gasteiger partial charge in [0.1, 0.15) is 17.5 Å². The number of carbonyl (C=O) groups is 1. The molecule has 2 heterocycles. The maximum absolute atomic E-state index is 12.7. The van der Waals surface area contributed by atoms with E-state index < -0.39 is 0 Å². The summed E-state index contributed by atoms with van der Waals surface area (Å²) in [6.45, 7) is 5.23. The quantitative estimate of drug-likeness (QED) is 0.849. The average molecular weight is 331 g/mol. The second kappa shape index (κ2) is 7.36. The molecule has 6 nitrogen and oxygen atoms in total. The first kappa shape index (κ1) is 17.0. The van der Waals surface area contributed by atoms with Gasteiger partial charge in [0.05, 0.1) is 0 Å². The van der Waals surface area contributed by atoms with Gasteiger partial charge in [-0.25, -0.2) is 9.97 Å². The average Bonchev–Trinajstić information content (AvgIpc) is 2.61. The number of aryl methyl sites for hydroxylation is 1. The number of rotatable bonds is 3. The molecule has 24 heavy (non-hydrogen) atoms. The fourth-order valence-corrected chi connectivity index (χ4v) is 3.69. The lowest BCUT2D eigenvalue weighted by Crippen LogP contribution is -2.50. The summed E-state index contributed by atoms with van der Waals surface area (Å²) in [7, 11) is 3.98. The van der Waals surface area contributed by atoms with Crippen molar-refractivity contribution < 1.29 is 4.79 Å². The van der Waals surface area contributed by atoms with Crippen LogP contribution in [-0.2, 0) is 4.79 Å². The van der Waals surface area contributed by atoms with E-state index in [1.54, 1.807) is 0 Å². The fourth-order valence-electron chi connectivity index (χ4n) is 3.69. The molecule has 6 heteroatoms. The normalized spacial score (nSPS) is 19.5. The molecule has 0 radical (unpaired) electrons. The van der Waals surface area contributed by atoms with Crippen LogP contribution in [0.4, 0.5) is 11.6 Å². The van der Waals surface area contributed by atoms with Crippen LogP contribution < -0.4 is 9.80 Å². The molecule has 1 aromatic rings. The Morgan fingerprint density at radius 3 is 2.38 bits per heavy atom. The lowest BCUT2D eigenvalue weighted by molar-refractivity contribution is -0.136. The first-order valence-electron chi connectivity index (χ1n) is 9.11. The van der Waals surface area contributed by atoms with Gasteiger partial charge in [0.15, 0.2) is 0 Å². The predicted molar refractivity (Wildman–Crippen MR) is 96.5 cm³/mol. The van der Waals surface area contributed by atoms with Crippen LogP contribution in [0.5, 0.6) is 0 Å². The van der Waals surface area contributed by atoms with Gasteiger partial charge in [-0.1, -0.05) is 19.3 Å². The lowest BCUT2D eigenvalue weighted by atomic mass is 9.88. The van der Waals surface area contributed by atoms with Crippen molar-refractivity contribution in [1.82, 2.24) is 14.9 Å². The van der Waals surface area contributed by atoms with E-state index in [2.05, 4.69) is 19.8 Å². The standard InChI is InChI=1S/C18H29N5O/c1-14-19-16(21(2)3)13-17(20-14)22-9-11-23(12-10-22)18(24)15-7-5-4-6-8-15/h13,15H,4-12H2,1-3H3. The predicted octanol–water partition coefficient (Wildman–Crippen LogP) is 2.08. The van der Waals surface area contributed by atoms with Crippen molar-refractivity contribution in [3.8, 4) is 0 Å². The van der Waals surface area contributed by atoms with Gasteiger partial charge >= 0.3 is 0 Å². The smallest absolute Gasteiger partial charge is 0.225 e. The van der Waals surface area contributed by atoms with Crippen LogP contribution in [0.25, 0.3) is 0 Å². The summed E-state index contributed by atoms with van der Waals surface area (Å²) in [6, 6.07) is 2.03. The van der Waals surface area contributed by atoms with Gasteiger partial charge in [0.25, 0.3) is 0 Å². The van der Waals surface area contributed by atoms with Gasteiger partial charge in [-0.3, -0.25) is 4.79 Å². The Morgan fingerprint density at radius 1 is 1.08 bits per heavy atom. The number of carbonyl (C=O) groups excluding carboxylic acids is 1. The number of hydrogen-bond acceptors (Lipinski definition) is 5. The van der Waals surface area contributed by atoms with Crippen molar-refractivity contribution >= 4 is 17.5 Å². The summed E-state index contributed by atoms with van der Waals surface area (Å²) >= 11 is 0. The van der Waals surface area contributed by atoms with Gasteiger partial charge < -0.3 is 14.7 Å². The van der Waals surface area contributed by atoms with Gasteiger partial charge in [0.2, 0.25) is 5.91 Å². The van der Waals surface area contributed by atoms with E-state index >= 15 is 0 Å². The molecular formula is C18H29N5O. The van der Waals surface area contributed by atoms with Crippen molar-refractivity contribution in [1.29, 1.82) is 0 Å².